The molecule has 4 nitrogen and oxygen atoms in total. The fourth-order valence-corrected chi connectivity index (χ4v) is 4.80. The molecule has 1 saturated heterocycles. The Balaban J connectivity index is 0.00000208. The van der Waals surface area contributed by atoms with Crippen LogP contribution in [0.5, 0.6) is 0 Å². The normalized spacial score (nSPS) is 21.5. The van der Waals surface area contributed by atoms with E-state index in [2.05, 4.69) is 15.9 Å². The smallest absolute Gasteiger partial charge is 0.243 e. The highest BCUT2D eigenvalue weighted by atomic mass is 79.9. The van der Waals surface area contributed by atoms with E-state index in [1.165, 1.54) is 4.31 Å². The fourth-order valence-electron chi connectivity index (χ4n) is 2.97. The highest BCUT2D eigenvalue weighted by Crippen LogP contribution is 2.31. The van der Waals surface area contributed by atoms with E-state index in [9.17, 15) is 8.42 Å². The summed E-state index contributed by atoms with van der Waals surface area (Å²) in [5, 5.41) is 0. The molecule has 2 aromatic carbocycles. The Morgan fingerprint density at radius 3 is 2.42 bits per heavy atom. The van der Waals surface area contributed by atoms with Crippen molar-refractivity contribution >= 4 is 38.4 Å². The summed E-state index contributed by atoms with van der Waals surface area (Å²) in [5.74, 6) is 0.0301. The molecule has 7 heteroatoms. The lowest BCUT2D eigenvalue weighted by molar-refractivity contribution is 0.470. The first-order chi connectivity index (χ1) is 10.9. The molecule has 2 aromatic rings. The molecule has 0 radical (unpaired) electrons. The van der Waals surface area contributed by atoms with Crippen LogP contribution in [0.1, 0.15) is 17.0 Å². The van der Waals surface area contributed by atoms with Gasteiger partial charge in [0.15, 0.2) is 0 Å². The minimum absolute atomic E-state index is 0. The molecule has 2 N–H and O–H groups in total. The van der Waals surface area contributed by atoms with Crippen LogP contribution in [0.4, 0.5) is 0 Å². The first kappa shape index (κ1) is 19.4. The highest BCUT2D eigenvalue weighted by molar-refractivity contribution is 9.10. The molecule has 0 amide bonds. The van der Waals surface area contributed by atoms with Crippen molar-refractivity contribution in [1.29, 1.82) is 0 Å². The van der Waals surface area contributed by atoms with Crippen LogP contribution in [0.2, 0.25) is 0 Å². The molecule has 0 spiro atoms. The van der Waals surface area contributed by atoms with E-state index in [4.69, 9.17) is 5.73 Å². The molecule has 130 valence electrons. The van der Waals surface area contributed by atoms with Crippen LogP contribution in [0.3, 0.4) is 0 Å². The zero-order chi connectivity index (χ0) is 16.6. The number of halogens is 2. The van der Waals surface area contributed by atoms with E-state index in [0.29, 0.717) is 18.0 Å². The van der Waals surface area contributed by atoms with Crippen LogP contribution >= 0.6 is 28.3 Å². The average molecular weight is 432 g/mol. The molecule has 0 bridgehead atoms. The first-order valence-corrected chi connectivity index (χ1v) is 9.70. The van der Waals surface area contributed by atoms with Gasteiger partial charge in [-0.25, -0.2) is 8.42 Å². The number of hydrogen-bond acceptors (Lipinski definition) is 3. The molecule has 1 heterocycles. The largest absolute Gasteiger partial charge is 0.326 e. The topological polar surface area (TPSA) is 63.4 Å². The van der Waals surface area contributed by atoms with E-state index in [1.54, 1.807) is 18.2 Å². The molecule has 3 rings (SSSR count). The highest BCUT2D eigenvalue weighted by Gasteiger charge is 2.38. The number of hydrogen-bond donors (Lipinski definition) is 1. The Hall–Kier alpha value is -0.920. The number of aryl methyl sites for hydroxylation is 1. The third-order valence-corrected chi connectivity index (χ3v) is 7.04. The summed E-state index contributed by atoms with van der Waals surface area (Å²) in [6.45, 7) is 2.64. The van der Waals surface area contributed by atoms with Crippen molar-refractivity contribution in [1.82, 2.24) is 4.31 Å². The van der Waals surface area contributed by atoms with Gasteiger partial charge in [0.1, 0.15) is 0 Å². The van der Waals surface area contributed by atoms with Crippen molar-refractivity contribution in [2.75, 3.05) is 13.1 Å². The molecular formula is C17H20BrClN2O2S. The van der Waals surface area contributed by atoms with Gasteiger partial charge in [-0.1, -0.05) is 46.3 Å². The van der Waals surface area contributed by atoms with Gasteiger partial charge in [-0.2, -0.15) is 4.31 Å². The van der Waals surface area contributed by atoms with Crippen molar-refractivity contribution < 1.29 is 8.42 Å². The summed E-state index contributed by atoms with van der Waals surface area (Å²) in [6, 6.07) is 14.8. The second-order valence-corrected chi connectivity index (χ2v) is 8.71. The molecule has 2 atom stereocenters. The molecule has 0 saturated carbocycles. The standard InChI is InChI=1S/C17H19BrN2O2S.ClH/c1-12-9-14(7-8-16(12)18)23(21,22)20-10-15(17(19)11-20)13-5-3-2-4-6-13;/h2-9,15,17H,10-11,19H2,1H3;1H/t15-,17+;/m0./s1. The van der Waals surface area contributed by atoms with E-state index in [0.717, 1.165) is 15.6 Å². The van der Waals surface area contributed by atoms with Gasteiger partial charge in [-0.05, 0) is 36.2 Å². The summed E-state index contributed by atoms with van der Waals surface area (Å²) >= 11 is 3.40. The average Bonchev–Trinajstić information content (AvgIpc) is 2.93. The van der Waals surface area contributed by atoms with Gasteiger partial charge in [0.25, 0.3) is 0 Å². The predicted molar refractivity (Wildman–Crippen MR) is 102 cm³/mol. The lowest BCUT2D eigenvalue weighted by Gasteiger charge is -2.17. The SMILES string of the molecule is Cc1cc(S(=O)(=O)N2C[C@@H](N)[C@H](c3ccccc3)C2)ccc1Br.Cl. The maximum atomic E-state index is 12.9. The molecule has 1 aliphatic rings. The van der Waals surface area contributed by atoms with E-state index in [1.807, 2.05) is 37.3 Å². The third kappa shape index (κ3) is 3.68. The Morgan fingerprint density at radius 1 is 1.12 bits per heavy atom. The summed E-state index contributed by atoms with van der Waals surface area (Å²) in [4.78, 5) is 0.319. The van der Waals surface area contributed by atoms with Crippen molar-refractivity contribution in [2.45, 2.75) is 23.8 Å². The van der Waals surface area contributed by atoms with Crippen molar-refractivity contribution in [3.05, 3.63) is 64.1 Å². The van der Waals surface area contributed by atoms with Crippen molar-refractivity contribution in [3.63, 3.8) is 0 Å². The minimum atomic E-state index is -3.52. The van der Waals surface area contributed by atoms with Crippen LogP contribution in [-0.2, 0) is 10.0 Å². The van der Waals surface area contributed by atoms with Gasteiger partial charge in [0.05, 0.1) is 4.90 Å². The van der Waals surface area contributed by atoms with Crippen molar-refractivity contribution in [2.24, 2.45) is 5.73 Å². The molecule has 24 heavy (non-hydrogen) atoms. The Morgan fingerprint density at radius 2 is 1.79 bits per heavy atom. The second kappa shape index (κ2) is 7.54. The first-order valence-electron chi connectivity index (χ1n) is 7.46. The summed E-state index contributed by atoms with van der Waals surface area (Å²) in [5.41, 5.74) is 8.20. The maximum Gasteiger partial charge on any atom is 0.243 e. The van der Waals surface area contributed by atoms with Gasteiger partial charge in [-0.15, -0.1) is 12.4 Å². The third-order valence-electron chi connectivity index (χ3n) is 4.33. The van der Waals surface area contributed by atoms with Crippen molar-refractivity contribution in [3.8, 4) is 0 Å². The molecular weight excluding hydrogens is 412 g/mol. The van der Waals surface area contributed by atoms with Crippen LogP contribution < -0.4 is 5.73 Å². The van der Waals surface area contributed by atoms with E-state index >= 15 is 0 Å². The summed E-state index contributed by atoms with van der Waals surface area (Å²) in [7, 11) is -3.52. The Labute approximate surface area is 157 Å². The lowest BCUT2D eigenvalue weighted by Crippen LogP contribution is -2.32. The van der Waals surface area contributed by atoms with Gasteiger partial charge in [-0.3, -0.25) is 0 Å². The summed E-state index contributed by atoms with van der Waals surface area (Å²) in [6.07, 6.45) is 0. The second-order valence-electron chi connectivity index (χ2n) is 5.91. The number of benzene rings is 2. The minimum Gasteiger partial charge on any atom is -0.326 e. The van der Waals surface area contributed by atoms with Gasteiger partial charge < -0.3 is 5.73 Å². The number of nitrogens with two attached hydrogens (primary N) is 1. The fraction of sp³-hybridized carbons (Fsp3) is 0.294. The monoisotopic (exact) mass is 430 g/mol. The van der Waals surface area contributed by atoms with Crippen LogP contribution in [0.25, 0.3) is 0 Å². The number of sulfonamides is 1. The van der Waals surface area contributed by atoms with Crippen LogP contribution in [-0.4, -0.2) is 31.9 Å². The van der Waals surface area contributed by atoms with Gasteiger partial charge in [0, 0.05) is 29.5 Å². The Bertz CT molecular complexity index is 815. The molecule has 0 aliphatic carbocycles. The van der Waals surface area contributed by atoms with Gasteiger partial charge >= 0.3 is 0 Å². The van der Waals surface area contributed by atoms with Crippen LogP contribution in [0.15, 0.2) is 57.9 Å². The van der Waals surface area contributed by atoms with E-state index in [-0.39, 0.29) is 24.4 Å². The number of rotatable bonds is 3. The van der Waals surface area contributed by atoms with Crippen LogP contribution in [0, 0.1) is 6.92 Å². The zero-order valence-corrected chi connectivity index (χ0v) is 16.4. The zero-order valence-electron chi connectivity index (χ0n) is 13.2. The summed E-state index contributed by atoms with van der Waals surface area (Å²) < 4.78 is 28.1. The molecule has 1 fully saturated rings. The van der Waals surface area contributed by atoms with Gasteiger partial charge in [0.2, 0.25) is 10.0 Å². The molecule has 0 aromatic heterocycles. The maximum absolute atomic E-state index is 12.9. The Kier molecular flexibility index (Phi) is 6.09. The lowest BCUT2D eigenvalue weighted by atomic mass is 9.95. The molecule has 0 unspecified atom stereocenters. The molecule has 1 aliphatic heterocycles. The predicted octanol–water partition coefficient (Wildman–Crippen LogP) is 3.29. The quantitative estimate of drug-likeness (QED) is 0.811. The number of nitrogens with zero attached hydrogens (tertiary/aromatic N) is 1. The van der Waals surface area contributed by atoms with E-state index < -0.39 is 10.0 Å².